The summed E-state index contributed by atoms with van der Waals surface area (Å²) in [6.07, 6.45) is 2.23. The predicted octanol–water partition coefficient (Wildman–Crippen LogP) is 2.87. The number of hydrogen-bond donors (Lipinski definition) is 0. The van der Waals surface area contributed by atoms with Gasteiger partial charge < -0.3 is 4.74 Å². The molecule has 0 aliphatic heterocycles. The molecule has 0 radical (unpaired) electrons. The Morgan fingerprint density at radius 1 is 0.950 bits per heavy atom. The van der Waals surface area contributed by atoms with Gasteiger partial charge in [-0.3, -0.25) is 4.79 Å². The van der Waals surface area contributed by atoms with Crippen LogP contribution < -0.4 is 4.74 Å². The van der Waals surface area contributed by atoms with Crippen LogP contribution in [0.15, 0.2) is 60.8 Å². The van der Waals surface area contributed by atoms with Gasteiger partial charge in [0.25, 0.3) is 0 Å². The fourth-order valence-corrected chi connectivity index (χ4v) is 1.75. The lowest BCUT2D eigenvalue weighted by Gasteiger charge is -2.06. The Labute approximate surface area is 115 Å². The lowest BCUT2D eigenvalue weighted by Crippen LogP contribution is -1.94. The molecule has 2 aromatic carbocycles. The highest BCUT2D eigenvalue weighted by atomic mass is 16.5. The fourth-order valence-electron chi connectivity index (χ4n) is 1.75. The topological polar surface area (TPSA) is 57.0 Å². The van der Waals surface area contributed by atoms with Crippen LogP contribution in [-0.2, 0) is 0 Å². The summed E-state index contributed by atoms with van der Waals surface area (Å²) in [5.74, 6) is 1.51. The van der Waals surface area contributed by atoms with Crippen molar-refractivity contribution in [3.05, 3.63) is 66.5 Å². The average Bonchev–Trinajstić information content (AvgIpc) is 2.98. The molecule has 1 aromatic heterocycles. The van der Waals surface area contributed by atoms with Crippen molar-refractivity contribution in [1.29, 1.82) is 0 Å². The summed E-state index contributed by atoms with van der Waals surface area (Å²) >= 11 is 0. The maximum atomic E-state index is 10.6. The fraction of sp³-hybridized carbons (Fsp3) is 0. The molecule has 5 nitrogen and oxygen atoms in total. The van der Waals surface area contributed by atoms with Gasteiger partial charge in [-0.2, -0.15) is 0 Å². The third-order valence-corrected chi connectivity index (χ3v) is 2.71. The molecule has 0 N–H and O–H groups in total. The number of carbonyl (C=O) groups is 1. The largest absolute Gasteiger partial charge is 0.457 e. The molecule has 0 bridgehead atoms. The van der Waals surface area contributed by atoms with Gasteiger partial charge >= 0.3 is 0 Å². The summed E-state index contributed by atoms with van der Waals surface area (Å²) in [5, 5.41) is 7.58. The van der Waals surface area contributed by atoms with Crippen molar-refractivity contribution < 1.29 is 9.53 Å². The Kier molecular flexibility index (Phi) is 3.24. The number of aldehydes is 1. The number of para-hydroxylation sites is 1. The van der Waals surface area contributed by atoms with Crippen LogP contribution in [0.4, 0.5) is 0 Å². The van der Waals surface area contributed by atoms with E-state index >= 15 is 0 Å². The Bertz CT molecular complexity index is 705. The van der Waals surface area contributed by atoms with Gasteiger partial charge in [-0.25, -0.2) is 4.68 Å². The zero-order valence-electron chi connectivity index (χ0n) is 10.5. The minimum Gasteiger partial charge on any atom is -0.457 e. The van der Waals surface area contributed by atoms with Crippen molar-refractivity contribution in [2.75, 3.05) is 0 Å². The standard InChI is InChI=1S/C15H11N3O2/c19-11-12-10-18(17-16-12)13-6-8-15(9-7-13)20-14-4-2-1-3-5-14/h1-11H. The summed E-state index contributed by atoms with van der Waals surface area (Å²) in [6.45, 7) is 0. The highest BCUT2D eigenvalue weighted by molar-refractivity contribution is 5.70. The first-order chi connectivity index (χ1) is 9.85. The van der Waals surface area contributed by atoms with Crippen LogP contribution in [0, 0.1) is 0 Å². The van der Waals surface area contributed by atoms with Crippen LogP contribution in [0.1, 0.15) is 10.5 Å². The van der Waals surface area contributed by atoms with Crippen LogP contribution in [0.2, 0.25) is 0 Å². The first kappa shape index (κ1) is 12.1. The number of rotatable bonds is 4. The molecule has 0 saturated heterocycles. The number of aromatic nitrogens is 3. The number of hydrogen-bond acceptors (Lipinski definition) is 4. The van der Waals surface area contributed by atoms with Gasteiger partial charge in [0.2, 0.25) is 0 Å². The quantitative estimate of drug-likeness (QED) is 0.681. The predicted molar refractivity (Wildman–Crippen MR) is 73.3 cm³/mol. The molecule has 0 unspecified atom stereocenters. The maximum Gasteiger partial charge on any atom is 0.171 e. The second-order valence-corrected chi connectivity index (χ2v) is 4.11. The molecule has 3 rings (SSSR count). The van der Waals surface area contributed by atoms with E-state index in [4.69, 9.17) is 4.74 Å². The van der Waals surface area contributed by atoms with Gasteiger partial charge in [0, 0.05) is 0 Å². The number of nitrogens with zero attached hydrogens (tertiary/aromatic N) is 3. The van der Waals surface area contributed by atoms with Crippen LogP contribution >= 0.6 is 0 Å². The third kappa shape index (κ3) is 2.56. The molecule has 0 fully saturated rings. The van der Waals surface area contributed by atoms with Crippen molar-refractivity contribution in [1.82, 2.24) is 15.0 Å². The Morgan fingerprint density at radius 2 is 1.65 bits per heavy atom. The summed E-state index contributed by atoms with van der Waals surface area (Å²) < 4.78 is 7.23. The van der Waals surface area contributed by atoms with E-state index in [1.807, 2.05) is 54.6 Å². The molecule has 0 saturated carbocycles. The highest BCUT2D eigenvalue weighted by Crippen LogP contribution is 2.21. The Hall–Kier alpha value is -2.95. The average molecular weight is 265 g/mol. The van der Waals surface area contributed by atoms with Crippen molar-refractivity contribution in [3.8, 4) is 17.2 Å². The lowest BCUT2D eigenvalue weighted by atomic mass is 10.3. The van der Waals surface area contributed by atoms with Gasteiger partial charge in [0.1, 0.15) is 17.2 Å². The molecule has 0 amide bonds. The van der Waals surface area contributed by atoms with Gasteiger partial charge in [-0.15, -0.1) is 5.10 Å². The lowest BCUT2D eigenvalue weighted by molar-refractivity contribution is 0.111. The molecular formula is C15H11N3O2. The van der Waals surface area contributed by atoms with E-state index in [0.717, 1.165) is 17.2 Å². The monoisotopic (exact) mass is 265 g/mol. The smallest absolute Gasteiger partial charge is 0.171 e. The minimum atomic E-state index is 0.301. The third-order valence-electron chi connectivity index (χ3n) is 2.71. The summed E-state index contributed by atoms with van der Waals surface area (Å²) in [5.41, 5.74) is 1.11. The van der Waals surface area contributed by atoms with Crippen molar-refractivity contribution >= 4 is 6.29 Å². The van der Waals surface area contributed by atoms with Crippen LogP contribution in [-0.4, -0.2) is 21.3 Å². The summed E-state index contributed by atoms with van der Waals surface area (Å²) in [6, 6.07) is 16.9. The molecular weight excluding hydrogens is 254 g/mol. The SMILES string of the molecule is O=Cc1cn(-c2ccc(Oc3ccccc3)cc2)nn1. The molecule has 98 valence electrons. The first-order valence-electron chi connectivity index (χ1n) is 6.06. The molecule has 0 atom stereocenters. The summed E-state index contributed by atoms with van der Waals surface area (Å²) in [4.78, 5) is 10.6. The number of benzene rings is 2. The second kappa shape index (κ2) is 5.36. The van der Waals surface area contributed by atoms with Crippen molar-refractivity contribution in [3.63, 3.8) is 0 Å². The van der Waals surface area contributed by atoms with Gasteiger partial charge in [0.05, 0.1) is 11.9 Å². The number of ether oxygens (including phenoxy) is 1. The molecule has 0 aliphatic carbocycles. The minimum absolute atomic E-state index is 0.301. The maximum absolute atomic E-state index is 10.6. The normalized spacial score (nSPS) is 10.2. The Morgan fingerprint density at radius 3 is 2.30 bits per heavy atom. The van der Waals surface area contributed by atoms with Gasteiger partial charge in [0.15, 0.2) is 6.29 Å². The van der Waals surface area contributed by atoms with Gasteiger partial charge in [-0.1, -0.05) is 23.4 Å². The summed E-state index contributed by atoms with van der Waals surface area (Å²) in [7, 11) is 0. The zero-order chi connectivity index (χ0) is 13.8. The van der Waals surface area contributed by atoms with Crippen molar-refractivity contribution in [2.24, 2.45) is 0 Å². The molecule has 3 aromatic rings. The first-order valence-corrected chi connectivity index (χ1v) is 6.06. The van der Waals surface area contributed by atoms with E-state index in [9.17, 15) is 4.79 Å². The molecule has 5 heteroatoms. The highest BCUT2D eigenvalue weighted by Gasteiger charge is 2.02. The zero-order valence-corrected chi connectivity index (χ0v) is 10.5. The van der Waals surface area contributed by atoms with E-state index < -0.39 is 0 Å². The molecule has 0 aliphatic rings. The molecule has 0 spiro atoms. The van der Waals surface area contributed by atoms with E-state index in [1.165, 1.54) is 4.68 Å². The van der Waals surface area contributed by atoms with Crippen LogP contribution in [0.5, 0.6) is 11.5 Å². The second-order valence-electron chi connectivity index (χ2n) is 4.11. The van der Waals surface area contributed by atoms with Crippen LogP contribution in [0.3, 0.4) is 0 Å². The number of carbonyl (C=O) groups excluding carboxylic acids is 1. The van der Waals surface area contributed by atoms with E-state index in [1.54, 1.807) is 6.20 Å². The molecule has 1 heterocycles. The van der Waals surface area contributed by atoms with E-state index in [-0.39, 0.29) is 0 Å². The van der Waals surface area contributed by atoms with E-state index in [0.29, 0.717) is 12.0 Å². The van der Waals surface area contributed by atoms with Crippen LogP contribution in [0.25, 0.3) is 5.69 Å². The van der Waals surface area contributed by atoms with E-state index in [2.05, 4.69) is 10.3 Å². The van der Waals surface area contributed by atoms with Crippen molar-refractivity contribution in [2.45, 2.75) is 0 Å². The molecule has 20 heavy (non-hydrogen) atoms. The Balaban J connectivity index is 1.79. The van der Waals surface area contributed by atoms with Gasteiger partial charge in [-0.05, 0) is 36.4 Å².